The summed E-state index contributed by atoms with van der Waals surface area (Å²) >= 11 is 6.01. The van der Waals surface area contributed by atoms with Gasteiger partial charge >= 0.3 is 0 Å². The van der Waals surface area contributed by atoms with E-state index in [0.717, 1.165) is 12.0 Å². The van der Waals surface area contributed by atoms with Crippen LogP contribution in [0.2, 0.25) is 24.7 Å². The van der Waals surface area contributed by atoms with Crippen molar-refractivity contribution in [3.05, 3.63) is 45.3 Å². The summed E-state index contributed by atoms with van der Waals surface area (Å²) in [6.07, 6.45) is 5.25. The minimum atomic E-state index is -1.41. The van der Waals surface area contributed by atoms with Crippen LogP contribution in [-0.2, 0) is 0 Å². The second-order valence-corrected chi connectivity index (χ2v) is 11.8. The van der Waals surface area contributed by atoms with Gasteiger partial charge in [-0.15, -0.1) is 5.73 Å². The summed E-state index contributed by atoms with van der Waals surface area (Å²) in [6.45, 7) is 9.12. The fraction of sp³-hybridized carbons (Fsp3) is 0.412. The molecular formula is C17H24ClNOSi. The topological polar surface area (TPSA) is 43.1 Å². The van der Waals surface area contributed by atoms with Crippen LogP contribution < -0.4 is 5.73 Å². The Kier molecular flexibility index (Phi) is 6.47. The molecule has 1 aromatic carbocycles. The Labute approximate surface area is 133 Å². The maximum atomic E-state index is 11.5. The van der Waals surface area contributed by atoms with Crippen molar-refractivity contribution in [1.82, 2.24) is 0 Å². The van der Waals surface area contributed by atoms with Crippen LogP contribution in [0.25, 0.3) is 6.08 Å². The summed E-state index contributed by atoms with van der Waals surface area (Å²) in [5, 5.41) is 1.97. The molecule has 0 spiro atoms. The number of rotatable bonds is 6. The van der Waals surface area contributed by atoms with Gasteiger partial charge in [0.05, 0.1) is 8.07 Å². The summed E-state index contributed by atoms with van der Waals surface area (Å²) in [5.41, 5.74) is 10.1. The number of carbonyl (C=O) groups is 1. The molecule has 1 aromatic rings. The third-order valence-electron chi connectivity index (χ3n) is 3.37. The lowest BCUT2D eigenvalue weighted by atomic mass is 10.1. The Bertz CT molecular complexity index is 581. The monoisotopic (exact) mass is 321 g/mol. The maximum absolute atomic E-state index is 11.5. The summed E-state index contributed by atoms with van der Waals surface area (Å²) < 4.78 is 0. The normalized spacial score (nSPS) is 10.9. The molecule has 0 saturated carbocycles. The van der Waals surface area contributed by atoms with Gasteiger partial charge in [0.2, 0.25) is 5.91 Å². The van der Waals surface area contributed by atoms with Gasteiger partial charge in [0.25, 0.3) is 0 Å². The van der Waals surface area contributed by atoms with Gasteiger partial charge in [-0.25, -0.2) is 0 Å². The lowest BCUT2D eigenvalue weighted by molar-refractivity contribution is 0.1000. The third kappa shape index (κ3) is 5.54. The van der Waals surface area contributed by atoms with E-state index in [4.69, 9.17) is 17.3 Å². The number of primary amides is 1. The van der Waals surface area contributed by atoms with Crippen molar-refractivity contribution in [2.24, 2.45) is 5.73 Å². The largest absolute Gasteiger partial charge is 0.366 e. The molecule has 0 aliphatic heterocycles. The van der Waals surface area contributed by atoms with Gasteiger partial charge in [-0.2, -0.15) is 0 Å². The zero-order valence-corrected chi connectivity index (χ0v) is 15.1. The molecule has 0 saturated heterocycles. The number of hydrogen-bond donors (Lipinski definition) is 1. The number of hydrogen-bond acceptors (Lipinski definition) is 1. The number of allylic oxidation sites excluding steroid dienone is 1. The molecule has 1 rings (SSSR count). The van der Waals surface area contributed by atoms with E-state index >= 15 is 0 Å². The second-order valence-electron chi connectivity index (χ2n) is 6.22. The molecule has 0 bridgehead atoms. The van der Waals surface area contributed by atoms with Crippen molar-refractivity contribution >= 4 is 31.7 Å². The first-order chi connectivity index (χ1) is 9.75. The number of benzene rings is 1. The Morgan fingerprint density at radius 1 is 1.38 bits per heavy atom. The highest BCUT2D eigenvalue weighted by atomic mass is 35.5. The molecule has 1 amide bonds. The zero-order chi connectivity index (χ0) is 16.0. The van der Waals surface area contributed by atoms with Crippen LogP contribution in [0.15, 0.2) is 29.1 Å². The SMILES string of the molecule is CCCCC(=C=Cc1cc(Cl)ccc1C(N)=O)[Si](C)(C)C. The molecule has 114 valence electrons. The lowest BCUT2D eigenvalue weighted by Gasteiger charge is -2.18. The molecule has 2 N–H and O–H groups in total. The Morgan fingerprint density at radius 3 is 2.57 bits per heavy atom. The Morgan fingerprint density at radius 2 is 2.05 bits per heavy atom. The number of halogens is 1. The van der Waals surface area contributed by atoms with Crippen molar-refractivity contribution in [2.45, 2.75) is 45.8 Å². The zero-order valence-electron chi connectivity index (χ0n) is 13.3. The van der Waals surface area contributed by atoms with Crippen molar-refractivity contribution in [2.75, 3.05) is 0 Å². The Balaban J connectivity index is 3.29. The fourth-order valence-electron chi connectivity index (χ4n) is 2.06. The summed E-state index contributed by atoms with van der Waals surface area (Å²) in [5.74, 6) is -0.442. The van der Waals surface area contributed by atoms with E-state index in [1.54, 1.807) is 18.2 Å². The van der Waals surface area contributed by atoms with Crippen molar-refractivity contribution in [3.8, 4) is 0 Å². The predicted octanol–water partition coefficient (Wildman–Crippen LogP) is 5.05. The highest BCUT2D eigenvalue weighted by molar-refractivity contribution is 6.83. The van der Waals surface area contributed by atoms with E-state index in [2.05, 4.69) is 32.3 Å². The molecule has 0 aromatic heterocycles. The maximum Gasteiger partial charge on any atom is 0.249 e. The minimum absolute atomic E-state index is 0.442. The van der Waals surface area contributed by atoms with Gasteiger partial charge in [-0.3, -0.25) is 4.79 Å². The van der Waals surface area contributed by atoms with Crippen LogP contribution in [0.4, 0.5) is 0 Å². The van der Waals surface area contributed by atoms with Gasteiger partial charge in [0, 0.05) is 10.6 Å². The molecule has 0 aliphatic carbocycles. The number of nitrogens with two attached hydrogens (primary N) is 1. The first kappa shape index (κ1) is 17.8. The van der Waals surface area contributed by atoms with Gasteiger partial charge in [0.1, 0.15) is 0 Å². The summed E-state index contributed by atoms with van der Waals surface area (Å²) in [7, 11) is -1.41. The minimum Gasteiger partial charge on any atom is -0.366 e. The summed E-state index contributed by atoms with van der Waals surface area (Å²) in [6, 6.07) is 5.11. The number of unbranched alkanes of at least 4 members (excludes halogenated alkanes) is 1. The van der Waals surface area contributed by atoms with Crippen molar-refractivity contribution in [1.29, 1.82) is 0 Å². The number of amides is 1. The first-order valence-corrected chi connectivity index (χ1v) is 11.2. The molecular weight excluding hydrogens is 298 g/mol. The number of carbonyl (C=O) groups excluding carboxylic acids is 1. The average Bonchev–Trinajstić information content (AvgIpc) is 2.36. The van der Waals surface area contributed by atoms with Crippen LogP contribution in [0.3, 0.4) is 0 Å². The molecule has 2 nitrogen and oxygen atoms in total. The average molecular weight is 322 g/mol. The van der Waals surface area contributed by atoms with E-state index in [0.29, 0.717) is 10.6 Å². The van der Waals surface area contributed by atoms with Gasteiger partial charge in [0.15, 0.2) is 0 Å². The Hall–Kier alpha value is -1.28. The van der Waals surface area contributed by atoms with Gasteiger partial charge in [-0.05, 0) is 47.9 Å². The third-order valence-corrected chi connectivity index (χ3v) is 5.81. The molecule has 0 fully saturated rings. The molecule has 0 radical (unpaired) electrons. The summed E-state index contributed by atoms with van der Waals surface area (Å²) in [4.78, 5) is 11.5. The highest BCUT2D eigenvalue weighted by Gasteiger charge is 2.18. The van der Waals surface area contributed by atoms with E-state index in [9.17, 15) is 4.79 Å². The molecule has 4 heteroatoms. The van der Waals surface area contributed by atoms with Crippen LogP contribution in [0, 0.1) is 0 Å². The second kappa shape index (κ2) is 7.65. The van der Waals surface area contributed by atoms with E-state index < -0.39 is 14.0 Å². The smallest absolute Gasteiger partial charge is 0.249 e. The lowest BCUT2D eigenvalue weighted by Crippen LogP contribution is -2.23. The van der Waals surface area contributed by atoms with Crippen LogP contribution in [-0.4, -0.2) is 14.0 Å². The van der Waals surface area contributed by atoms with E-state index in [1.165, 1.54) is 18.0 Å². The molecule has 0 aliphatic rings. The van der Waals surface area contributed by atoms with E-state index in [1.807, 2.05) is 6.08 Å². The van der Waals surface area contributed by atoms with Crippen molar-refractivity contribution < 1.29 is 4.79 Å². The molecule has 0 heterocycles. The fourth-order valence-corrected chi connectivity index (χ4v) is 3.67. The van der Waals surface area contributed by atoms with Crippen LogP contribution >= 0.6 is 11.6 Å². The van der Waals surface area contributed by atoms with Gasteiger partial charge < -0.3 is 5.73 Å². The first-order valence-electron chi connectivity index (χ1n) is 7.31. The van der Waals surface area contributed by atoms with Crippen LogP contribution in [0.1, 0.15) is 42.1 Å². The van der Waals surface area contributed by atoms with E-state index in [-0.39, 0.29) is 0 Å². The van der Waals surface area contributed by atoms with Crippen molar-refractivity contribution in [3.63, 3.8) is 0 Å². The molecule has 0 atom stereocenters. The van der Waals surface area contributed by atoms with Gasteiger partial charge in [-0.1, -0.05) is 44.6 Å². The van der Waals surface area contributed by atoms with Crippen LogP contribution in [0.5, 0.6) is 0 Å². The quantitative estimate of drug-likeness (QED) is 0.578. The molecule has 0 unspecified atom stereocenters. The highest BCUT2D eigenvalue weighted by Crippen LogP contribution is 2.21. The standard InChI is InChI=1S/C17H24ClNOSi/c1-5-6-7-15(21(2,3)4)10-8-13-12-14(18)9-11-16(13)17(19)20/h8-9,11-12H,5-7H2,1-4H3,(H2,19,20). The predicted molar refractivity (Wildman–Crippen MR) is 94.3 cm³/mol. The molecule has 21 heavy (non-hydrogen) atoms.